The Morgan fingerprint density at radius 2 is 2.42 bits per heavy atom. The number of carbonyl (C=O) groups excluding carboxylic acids is 1. The van der Waals surface area contributed by atoms with Crippen molar-refractivity contribution in [1.29, 1.82) is 0 Å². The van der Waals surface area contributed by atoms with Gasteiger partial charge in [-0.05, 0) is 37.3 Å². The maximum Gasteiger partial charge on any atom is 0.261 e. The van der Waals surface area contributed by atoms with Gasteiger partial charge in [0.05, 0.1) is 16.3 Å². The highest BCUT2D eigenvalue weighted by atomic mass is 32.1. The zero-order chi connectivity index (χ0) is 13.8. The lowest BCUT2D eigenvalue weighted by Gasteiger charge is -2.01. The Labute approximate surface area is 118 Å². The minimum Gasteiger partial charge on any atom is -0.348 e. The minimum atomic E-state index is 0.0394. The molecule has 1 saturated carbocycles. The van der Waals surface area contributed by atoms with Crippen LogP contribution in [0.5, 0.6) is 0 Å². The molecule has 1 aliphatic carbocycles. The van der Waals surface area contributed by atoms with Crippen LogP contribution in [0.4, 0.5) is 0 Å². The third kappa shape index (κ3) is 3.59. The van der Waals surface area contributed by atoms with E-state index in [0.717, 1.165) is 21.7 Å². The quantitative estimate of drug-likeness (QED) is 0.829. The molecule has 1 aromatic rings. The van der Waals surface area contributed by atoms with E-state index in [1.165, 1.54) is 24.2 Å². The zero-order valence-electron chi connectivity index (χ0n) is 11.5. The van der Waals surface area contributed by atoms with Gasteiger partial charge < -0.3 is 11.1 Å². The molecule has 0 saturated heterocycles. The summed E-state index contributed by atoms with van der Waals surface area (Å²) in [7, 11) is 0. The van der Waals surface area contributed by atoms with Crippen molar-refractivity contribution >= 4 is 17.2 Å². The van der Waals surface area contributed by atoms with Crippen molar-refractivity contribution in [3.05, 3.63) is 21.4 Å². The molecule has 2 unspecified atom stereocenters. The van der Waals surface area contributed by atoms with Crippen LogP contribution in [0.1, 0.15) is 46.3 Å². The number of nitrogens with one attached hydrogen (secondary N) is 1. The number of hydrogen-bond donors (Lipinski definition) is 2. The second-order valence-electron chi connectivity index (χ2n) is 4.99. The summed E-state index contributed by atoms with van der Waals surface area (Å²) in [5.41, 5.74) is 6.42. The maximum absolute atomic E-state index is 12.1. The smallest absolute Gasteiger partial charge is 0.261 e. The van der Waals surface area contributed by atoms with Crippen LogP contribution in [0.2, 0.25) is 0 Å². The molecule has 0 spiro atoms. The maximum atomic E-state index is 12.1. The fourth-order valence-corrected chi connectivity index (χ4v) is 3.15. The molecule has 0 aromatic carbocycles. The van der Waals surface area contributed by atoms with E-state index >= 15 is 0 Å². The number of nitrogens with two attached hydrogens (primary N) is 1. The van der Waals surface area contributed by atoms with Crippen molar-refractivity contribution in [3.8, 4) is 11.8 Å². The van der Waals surface area contributed by atoms with E-state index in [4.69, 9.17) is 5.73 Å². The lowest BCUT2D eigenvalue weighted by Crippen LogP contribution is -2.26. The number of carbonyl (C=O) groups is 1. The fraction of sp³-hybridized carbons (Fsp3) is 0.533. The normalized spacial score (nSPS) is 20.6. The van der Waals surface area contributed by atoms with Crippen molar-refractivity contribution in [2.45, 2.75) is 39.2 Å². The lowest BCUT2D eigenvalue weighted by molar-refractivity contribution is 0.0953. The average Bonchev–Trinajstić information content (AvgIpc) is 2.99. The van der Waals surface area contributed by atoms with E-state index in [1.54, 1.807) is 0 Å². The predicted molar refractivity (Wildman–Crippen MR) is 79.3 cm³/mol. The first-order valence-electron chi connectivity index (χ1n) is 6.76. The Balaban J connectivity index is 1.97. The van der Waals surface area contributed by atoms with Gasteiger partial charge in [0.15, 0.2) is 0 Å². The Morgan fingerprint density at radius 1 is 1.63 bits per heavy atom. The Bertz CT molecular complexity index is 524. The zero-order valence-corrected chi connectivity index (χ0v) is 12.3. The molecule has 1 aromatic heterocycles. The van der Waals surface area contributed by atoms with Gasteiger partial charge in [-0.15, -0.1) is 11.3 Å². The molecule has 3 N–H and O–H groups in total. The average molecular weight is 276 g/mol. The molecular weight excluding hydrogens is 256 g/mol. The van der Waals surface area contributed by atoms with Crippen LogP contribution in [0.3, 0.4) is 0 Å². The van der Waals surface area contributed by atoms with E-state index < -0.39 is 0 Å². The van der Waals surface area contributed by atoms with Crippen molar-refractivity contribution in [3.63, 3.8) is 0 Å². The van der Waals surface area contributed by atoms with E-state index in [0.29, 0.717) is 18.5 Å². The van der Waals surface area contributed by atoms with E-state index in [9.17, 15) is 4.79 Å². The topological polar surface area (TPSA) is 55.1 Å². The van der Waals surface area contributed by atoms with Crippen molar-refractivity contribution in [2.75, 3.05) is 6.54 Å². The van der Waals surface area contributed by atoms with Crippen LogP contribution in [0.25, 0.3) is 0 Å². The molecule has 102 valence electrons. The van der Waals surface area contributed by atoms with Gasteiger partial charge in [-0.25, -0.2) is 0 Å². The van der Waals surface area contributed by atoms with Gasteiger partial charge in [0.1, 0.15) is 0 Å². The summed E-state index contributed by atoms with van der Waals surface area (Å²) < 4.78 is 0. The van der Waals surface area contributed by atoms with Gasteiger partial charge in [0.25, 0.3) is 5.91 Å². The molecule has 0 bridgehead atoms. The number of rotatable bonds is 4. The molecule has 2 atom stereocenters. The Morgan fingerprint density at radius 3 is 3.11 bits per heavy atom. The van der Waals surface area contributed by atoms with Crippen molar-refractivity contribution in [2.24, 2.45) is 11.7 Å². The van der Waals surface area contributed by atoms with Gasteiger partial charge in [-0.1, -0.05) is 25.2 Å². The summed E-state index contributed by atoms with van der Waals surface area (Å²) in [6.45, 7) is 4.51. The van der Waals surface area contributed by atoms with Gasteiger partial charge in [-0.3, -0.25) is 4.79 Å². The summed E-state index contributed by atoms with van der Waals surface area (Å²) in [5.74, 6) is 6.57. The molecule has 1 heterocycles. The van der Waals surface area contributed by atoms with E-state index in [-0.39, 0.29) is 5.91 Å². The number of hydrogen-bond acceptors (Lipinski definition) is 3. The van der Waals surface area contributed by atoms with Crippen LogP contribution in [-0.4, -0.2) is 18.5 Å². The van der Waals surface area contributed by atoms with Crippen LogP contribution in [-0.2, 0) is 0 Å². The summed E-state index contributed by atoms with van der Waals surface area (Å²) in [4.78, 5) is 13.8. The molecule has 1 amide bonds. The Hall–Kier alpha value is -1.31. The molecule has 0 aliphatic heterocycles. The minimum absolute atomic E-state index is 0.0394. The standard InChI is InChI=1S/C15H20N2OS/c1-3-5-11-9-12(11)17-15(18)14-8-10(2)13(19-14)6-4-7-16/h8,11-12H,3,5,7,9,16H2,1-2H3,(H,17,18). The molecule has 1 aliphatic rings. The first kappa shape index (κ1) is 14.1. The van der Waals surface area contributed by atoms with Gasteiger partial charge in [0, 0.05) is 6.04 Å². The molecule has 2 rings (SSSR count). The monoisotopic (exact) mass is 276 g/mol. The second kappa shape index (κ2) is 6.23. The number of amides is 1. The third-order valence-electron chi connectivity index (χ3n) is 3.34. The molecule has 0 radical (unpaired) electrons. The highest BCUT2D eigenvalue weighted by molar-refractivity contribution is 7.14. The molecular formula is C15H20N2OS. The van der Waals surface area contributed by atoms with E-state index in [2.05, 4.69) is 24.1 Å². The number of aryl methyl sites for hydroxylation is 1. The fourth-order valence-electron chi connectivity index (χ4n) is 2.20. The van der Waals surface area contributed by atoms with Gasteiger partial charge in [0.2, 0.25) is 0 Å². The summed E-state index contributed by atoms with van der Waals surface area (Å²) in [6.07, 6.45) is 3.53. The van der Waals surface area contributed by atoms with Crippen molar-refractivity contribution in [1.82, 2.24) is 5.32 Å². The summed E-state index contributed by atoms with van der Waals surface area (Å²) >= 11 is 1.45. The van der Waals surface area contributed by atoms with Crippen LogP contribution in [0, 0.1) is 24.7 Å². The first-order chi connectivity index (χ1) is 9.15. The van der Waals surface area contributed by atoms with Crippen LogP contribution >= 0.6 is 11.3 Å². The molecule has 3 nitrogen and oxygen atoms in total. The van der Waals surface area contributed by atoms with Crippen LogP contribution in [0.15, 0.2) is 6.07 Å². The van der Waals surface area contributed by atoms with Crippen molar-refractivity contribution < 1.29 is 4.79 Å². The molecule has 19 heavy (non-hydrogen) atoms. The first-order valence-corrected chi connectivity index (χ1v) is 7.57. The second-order valence-corrected chi connectivity index (χ2v) is 6.05. The number of thiophene rings is 1. The highest BCUT2D eigenvalue weighted by Crippen LogP contribution is 2.35. The van der Waals surface area contributed by atoms with Gasteiger partial charge >= 0.3 is 0 Å². The predicted octanol–water partition coefficient (Wildman–Crippen LogP) is 2.29. The largest absolute Gasteiger partial charge is 0.348 e. The molecule has 1 fully saturated rings. The van der Waals surface area contributed by atoms with E-state index in [1.807, 2.05) is 13.0 Å². The third-order valence-corrected chi connectivity index (χ3v) is 4.50. The SMILES string of the molecule is CCCC1CC1NC(=O)c1cc(C)c(C#CCN)s1. The van der Waals surface area contributed by atoms with Crippen LogP contribution < -0.4 is 11.1 Å². The highest BCUT2D eigenvalue weighted by Gasteiger charge is 2.37. The summed E-state index contributed by atoms with van der Waals surface area (Å²) in [6, 6.07) is 2.30. The Kier molecular flexibility index (Phi) is 4.62. The van der Waals surface area contributed by atoms with Gasteiger partial charge in [-0.2, -0.15) is 0 Å². The summed E-state index contributed by atoms with van der Waals surface area (Å²) in [5, 5.41) is 3.10. The lowest BCUT2D eigenvalue weighted by atomic mass is 10.2. The molecule has 4 heteroatoms.